The molecule has 0 aliphatic carbocycles. The van der Waals surface area contributed by atoms with Crippen LogP contribution in [0.3, 0.4) is 0 Å². The Morgan fingerprint density at radius 3 is 2.82 bits per heavy atom. The van der Waals surface area contributed by atoms with E-state index >= 15 is 0 Å². The van der Waals surface area contributed by atoms with Crippen LogP contribution in [0.25, 0.3) is 0 Å². The van der Waals surface area contributed by atoms with Gasteiger partial charge >= 0.3 is 0 Å². The predicted molar refractivity (Wildman–Crippen MR) is 61.0 cm³/mol. The van der Waals surface area contributed by atoms with Crippen LogP contribution in [0.15, 0.2) is 36.8 Å². The summed E-state index contributed by atoms with van der Waals surface area (Å²) in [5, 5.41) is 0. The van der Waals surface area contributed by atoms with Crippen LogP contribution in [-0.4, -0.2) is 17.1 Å². The minimum atomic E-state index is -0.631. The van der Waals surface area contributed by atoms with E-state index in [1.54, 1.807) is 30.5 Å². The molecule has 2 rings (SSSR count). The zero-order valence-electron chi connectivity index (χ0n) is 9.30. The Bertz CT molecular complexity index is 504. The van der Waals surface area contributed by atoms with Crippen molar-refractivity contribution in [2.75, 3.05) is 7.11 Å². The highest BCUT2D eigenvalue weighted by atomic mass is 19.1. The van der Waals surface area contributed by atoms with E-state index in [1.165, 1.54) is 13.4 Å². The highest BCUT2D eigenvalue weighted by Crippen LogP contribution is 2.26. The summed E-state index contributed by atoms with van der Waals surface area (Å²) in [7, 11) is 1.42. The zero-order chi connectivity index (χ0) is 12.3. The average Bonchev–Trinajstić information content (AvgIpc) is 2.39. The van der Waals surface area contributed by atoms with Crippen molar-refractivity contribution in [2.45, 2.75) is 6.04 Å². The minimum absolute atomic E-state index is 0.173. The molecule has 0 aliphatic heterocycles. The number of ether oxygens (including phenoxy) is 1. The highest BCUT2D eigenvalue weighted by molar-refractivity contribution is 5.36. The molecule has 1 aromatic carbocycles. The van der Waals surface area contributed by atoms with Gasteiger partial charge in [-0.2, -0.15) is 0 Å². The SMILES string of the molecule is COc1cccc(C(N)c2ccncn2)c1F. The van der Waals surface area contributed by atoms with Gasteiger partial charge in [-0.15, -0.1) is 0 Å². The third-order valence-corrected chi connectivity index (χ3v) is 2.47. The van der Waals surface area contributed by atoms with Crippen LogP contribution in [0.1, 0.15) is 17.3 Å². The highest BCUT2D eigenvalue weighted by Gasteiger charge is 2.17. The van der Waals surface area contributed by atoms with Crippen molar-refractivity contribution >= 4 is 0 Å². The number of aromatic nitrogens is 2. The molecular weight excluding hydrogens is 221 g/mol. The molecule has 4 nitrogen and oxygen atoms in total. The summed E-state index contributed by atoms with van der Waals surface area (Å²) < 4.78 is 18.9. The van der Waals surface area contributed by atoms with Gasteiger partial charge in [-0.1, -0.05) is 12.1 Å². The molecule has 2 N–H and O–H groups in total. The van der Waals surface area contributed by atoms with Gasteiger partial charge in [-0.05, 0) is 12.1 Å². The summed E-state index contributed by atoms with van der Waals surface area (Å²) in [5.74, 6) is -0.284. The van der Waals surface area contributed by atoms with Crippen molar-refractivity contribution in [3.63, 3.8) is 0 Å². The van der Waals surface area contributed by atoms with Crippen LogP contribution in [0, 0.1) is 5.82 Å². The van der Waals surface area contributed by atoms with Gasteiger partial charge < -0.3 is 10.5 Å². The molecule has 2 aromatic rings. The van der Waals surface area contributed by atoms with E-state index in [1.807, 2.05) is 0 Å². The van der Waals surface area contributed by atoms with Gasteiger partial charge in [-0.25, -0.2) is 14.4 Å². The molecule has 0 spiro atoms. The second-order valence-corrected chi connectivity index (χ2v) is 3.48. The van der Waals surface area contributed by atoms with E-state index < -0.39 is 11.9 Å². The molecule has 0 aliphatic rings. The Labute approximate surface area is 98.3 Å². The van der Waals surface area contributed by atoms with Crippen LogP contribution in [-0.2, 0) is 0 Å². The Morgan fingerprint density at radius 1 is 1.35 bits per heavy atom. The molecule has 17 heavy (non-hydrogen) atoms. The number of halogens is 1. The maximum absolute atomic E-state index is 14.0. The first-order chi connectivity index (χ1) is 8.24. The summed E-state index contributed by atoms with van der Waals surface area (Å²) in [4.78, 5) is 7.80. The largest absolute Gasteiger partial charge is 0.494 e. The van der Waals surface area contributed by atoms with E-state index in [9.17, 15) is 4.39 Å². The number of nitrogens with two attached hydrogens (primary N) is 1. The van der Waals surface area contributed by atoms with Crippen molar-refractivity contribution in [3.8, 4) is 5.75 Å². The Kier molecular flexibility index (Phi) is 3.30. The number of rotatable bonds is 3. The molecule has 88 valence electrons. The zero-order valence-corrected chi connectivity index (χ0v) is 9.30. The van der Waals surface area contributed by atoms with E-state index in [-0.39, 0.29) is 5.75 Å². The number of nitrogens with zero attached hydrogens (tertiary/aromatic N) is 2. The van der Waals surface area contributed by atoms with Gasteiger partial charge in [0.1, 0.15) is 6.33 Å². The van der Waals surface area contributed by atoms with Crippen molar-refractivity contribution in [2.24, 2.45) is 5.73 Å². The molecule has 1 unspecified atom stereocenters. The molecule has 0 bridgehead atoms. The smallest absolute Gasteiger partial charge is 0.170 e. The molecule has 0 fully saturated rings. The average molecular weight is 233 g/mol. The second-order valence-electron chi connectivity index (χ2n) is 3.48. The van der Waals surface area contributed by atoms with E-state index in [0.717, 1.165) is 0 Å². The molecule has 1 heterocycles. The van der Waals surface area contributed by atoms with Crippen molar-refractivity contribution in [1.82, 2.24) is 9.97 Å². The summed E-state index contributed by atoms with van der Waals surface area (Å²) in [6, 6.07) is 5.88. The van der Waals surface area contributed by atoms with Crippen LogP contribution >= 0.6 is 0 Å². The third-order valence-electron chi connectivity index (χ3n) is 2.47. The summed E-state index contributed by atoms with van der Waals surface area (Å²) >= 11 is 0. The van der Waals surface area contributed by atoms with Gasteiger partial charge in [0.25, 0.3) is 0 Å². The Morgan fingerprint density at radius 2 is 2.18 bits per heavy atom. The van der Waals surface area contributed by atoms with Crippen molar-refractivity contribution in [3.05, 3.63) is 53.9 Å². The normalized spacial score (nSPS) is 12.2. The number of hydrogen-bond donors (Lipinski definition) is 1. The summed E-state index contributed by atoms with van der Waals surface area (Å²) in [6.07, 6.45) is 2.95. The van der Waals surface area contributed by atoms with Gasteiger partial charge in [0, 0.05) is 11.8 Å². The van der Waals surface area contributed by atoms with E-state index in [0.29, 0.717) is 11.3 Å². The van der Waals surface area contributed by atoms with Gasteiger partial charge in [0.2, 0.25) is 0 Å². The van der Waals surface area contributed by atoms with E-state index in [4.69, 9.17) is 10.5 Å². The second kappa shape index (κ2) is 4.88. The number of methoxy groups -OCH3 is 1. The fourth-order valence-electron chi connectivity index (χ4n) is 1.57. The fourth-order valence-corrected chi connectivity index (χ4v) is 1.57. The monoisotopic (exact) mass is 233 g/mol. The lowest BCUT2D eigenvalue weighted by Crippen LogP contribution is -2.15. The summed E-state index contributed by atoms with van der Waals surface area (Å²) in [5.41, 5.74) is 6.87. The van der Waals surface area contributed by atoms with Crippen LogP contribution in [0.2, 0.25) is 0 Å². The predicted octanol–water partition coefficient (Wildman–Crippen LogP) is 1.67. The van der Waals surface area contributed by atoms with Crippen LogP contribution in [0.5, 0.6) is 5.75 Å². The standard InChI is InChI=1S/C12H12FN3O/c1-17-10-4-2-3-8(11(10)13)12(14)9-5-6-15-7-16-9/h2-7,12H,14H2,1H3. The Hall–Kier alpha value is -2.01. The van der Waals surface area contributed by atoms with Crippen LogP contribution < -0.4 is 10.5 Å². The fraction of sp³-hybridized carbons (Fsp3) is 0.167. The third kappa shape index (κ3) is 2.24. The van der Waals surface area contributed by atoms with Crippen LogP contribution in [0.4, 0.5) is 4.39 Å². The molecular formula is C12H12FN3O. The van der Waals surface area contributed by atoms with Crippen molar-refractivity contribution in [1.29, 1.82) is 0 Å². The van der Waals surface area contributed by atoms with Gasteiger partial charge in [0.15, 0.2) is 11.6 Å². The quantitative estimate of drug-likeness (QED) is 0.876. The first-order valence-electron chi connectivity index (χ1n) is 5.08. The topological polar surface area (TPSA) is 61.0 Å². The lowest BCUT2D eigenvalue weighted by Gasteiger charge is -2.13. The maximum atomic E-state index is 14.0. The molecule has 0 amide bonds. The number of benzene rings is 1. The Balaban J connectivity index is 2.41. The minimum Gasteiger partial charge on any atom is -0.494 e. The molecule has 0 radical (unpaired) electrons. The molecule has 1 aromatic heterocycles. The van der Waals surface area contributed by atoms with E-state index in [2.05, 4.69) is 9.97 Å². The molecule has 0 saturated carbocycles. The summed E-state index contributed by atoms with van der Waals surface area (Å²) in [6.45, 7) is 0. The van der Waals surface area contributed by atoms with Gasteiger partial charge in [0.05, 0.1) is 18.8 Å². The van der Waals surface area contributed by atoms with Gasteiger partial charge in [-0.3, -0.25) is 0 Å². The lowest BCUT2D eigenvalue weighted by molar-refractivity contribution is 0.383. The molecule has 0 saturated heterocycles. The lowest BCUT2D eigenvalue weighted by atomic mass is 10.0. The molecule has 5 heteroatoms. The number of hydrogen-bond acceptors (Lipinski definition) is 4. The molecule has 1 atom stereocenters. The maximum Gasteiger partial charge on any atom is 0.170 e. The van der Waals surface area contributed by atoms with Crippen molar-refractivity contribution < 1.29 is 9.13 Å². The first-order valence-corrected chi connectivity index (χ1v) is 5.08. The first kappa shape index (κ1) is 11.5.